The largest absolute Gasteiger partial charge is 0.468 e. The normalized spacial score (nSPS) is 28.5. The van der Waals surface area contributed by atoms with Crippen LogP contribution < -0.4 is 0 Å². The highest BCUT2D eigenvalue weighted by Gasteiger charge is 2.55. The van der Waals surface area contributed by atoms with E-state index in [1.54, 1.807) is 13.2 Å². The van der Waals surface area contributed by atoms with Crippen molar-refractivity contribution in [3.05, 3.63) is 24.2 Å². The molecular weight excluding hydrogens is 344 g/mol. The number of likely N-dealkylation sites (tertiary alicyclic amines) is 1. The van der Waals surface area contributed by atoms with Gasteiger partial charge in [-0.1, -0.05) is 0 Å². The lowest BCUT2D eigenvalue weighted by molar-refractivity contribution is -0.157. The Balaban J connectivity index is 1.84. The average Bonchev–Trinajstić information content (AvgIpc) is 3.13. The predicted octanol–water partition coefficient (Wildman–Crippen LogP) is 1.32. The molecule has 2 atom stereocenters. The van der Waals surface area contributed by atoms with Gasteiger partial charge in [0.2, 0.25) is 10.0 Å². The van der Waals surface area contributed by atoms with Crippen LogP contribution in [0.15, 0.2) is 22.8 Å². The Bertz CT molecular complexity index is 703. The standard InChI is InChI=1S/C17H26N2O5S/c1-3-23-16(20)17-7-5-8-18(12-15-6-4-9-24-15)10-14(17)11-19(13-17)25(2,21)22/h4,6,9,14H,3,5,7-8,10-13H2,1-2H3/t14-,17-/m1/s1. The SMILES string of the molecule is CCOC(=O)[C@@]12CCCN(Cc3ccco3)C[C@@H]1CN(S(C)(=O)=O)C2. The van der Waals surface area contributed by atoms with Gasteiger partial charge in [0.1, 0.15) is 5.76 Å². The number of hydrogen-bond donors (Lipinski definition) is 0. The lowest BCUT2D eigenvalue weighted by Gasteiger charge is -2.31. The predicted molar refractivity (Wildman–Crippen MR) is 92.2 cm³/mol. The third-order valence-corrected chi connectivity index (χ3v) is 6.57. The van der Waals surface area contributed by atoms with Gasteiger partial charge in [0.05, 0.1) is 31.1 Å². The summed E-state index contributed by atoms with van der Waals surface area (Å²) in [6.45, 7) is 4.87. The maximum Gasteiger partial charge on any atom is 0.313 e. The van der Waals surface area contributed by atoms with E-state index < -0.39 is 15.4 Å². The summed E-state index contributed by atoms with van der Waals surface area (Å²) in [6, 6.07) is 3.79. The fourth-order valence-corrected chi connectivity index (χ4v) is 5.01. The number of furan rings is 1. The summed E-state index contributed by atoms with van der Waals surface area (Å²) >= 11 is 0. The van der Waals surface area contributed by atoms with Gasteiger partial charge in [-0.25, -0.2) is 12.7 Å². The zero-order valence-electron chi connectivity index (χ0n) is 14.8. The molecule has 2 aliphatic rings. The van der Waals surface area contributed by atoms with E-state index >= 15 is 0 Å². The second-order valence-corrected chi connectivity index (χ2v) is 9.03. The van der Waals surface area contributed by atoms with E-state index in [9.17, 15) is 13.2 Å². The summed E-state index contributed by atoms with van der Waals surface area (Å²) in [5.41, 5.74) is -0.739. The maximum absolute atomic E-state index is 12.8. The van der Waals surface area contributed by atoms with Crippen molar-refractivity contribution < 1.29 is 22.4 Å². The van der Waals surface area contributed by atoms with Crippen molar-refractivity contribution in [2.75, 3.05) is 39.0 Å². The van der Waals surface area contributed by atoms with E-state index in [0.717, 1.165) is 18.7 Å². The number of hydrogen-bond acceptors (Lipinski definition) is 6. The number of nitrogens with zero attached hydrogens (tertiary/aromatic N) is 2. The average molecular weight is 370 g/mol. The second-order valence-electron chi connectivity index (χ2n) is 7.05. The number of fused-ring (bicyclic) bond motifs is 1. The minimum absolute atomic E-state index is 0.0706. The first-order chi connectivity index (χ1) is 11.8. The molecule has 2 saturated heterocycles. The Morgan fingerprint density at radius 1 is 1.44 bits per heavy atom. The summed E-state index contributed by atoms with van der Waals surface area (Å²) in [5.74, 6) is 0.548. The first kappa shape index (κ1) is 18.4. The Morgan fingerprint density at radius 3 is 2.88 bits per heavy atom. The van der Waals surface area contributed by atoms with Gasteiger partial charge >= 0.3 is 5.97 Å². The van der Waals surface area contributed by atoms with Crippen molar-refractivity contribution in [3.63, 3.8) is 0 Å². The molecule has 0 saturated carbocycles. The van der Waals surface area contributed by atoms with E-state index in [2.05, 4.69) is 4.90 Å². The number of esters is 1. The summed E-state index contributed by atoms with van der Waals surface area (Å²) in [6.07, 6.45) is 4.33. The minimum Gasteiger partial charge on any atom is -0.468 e. The molecule has 0 aromatic carbocycles. The molecule has 1 aromatic heterocycles. The van der Waals surface area contributed by atoms with Crippen LogP contribution in [0.2, 0.25) is 0 Å². The summed E-state index contributed by atoms with van der Waals surface area (Å²) in [7, 11) is -3.34. The second kappa shape index (κ2) is 7.09. The molecule has 0 radical (unpaired) electrons. The lowest BCUT2D eigenvalue weighted by atomic mass is 9.75. The molecule has 8 heteroatoms. The molecule has 0 unspecified atom stereocenters. The highest BCUT2D eigenvalue weighted by atomic mass is 32.2. The highest BCUT2D eigenvalue weighted by molar-refractivity contribution is 7.88. The Morgan fingerprint density at radius 2 is 2.24 bits per heavy atom. The van der Waals surface area contributed by atoms with Crippen molar-refractivity contribution in [2.45, 2.75) is 26.3 Å². The molecule has 0 spiro atoms. The van der Waals surface area contributed by atoms with Gasteiger partial charge in [-0.3, -0.25) is 9.69 Å². The smallest absolute Gasteiger partial charge is 0.313 e. The van der Waals surface area contributed by atoms with Crippen LogP contribution in [0.5, 0.6) is 0 Å². The molecule has 7 nitrogen and oxygen atoms in total. The van der Waals surface area contributed by atoms with E-state index in [1.165, 1.54) is 10.6 Å². The van der Waals surface area contributed by atoms with Crippen LogP contribution >= 0.6 is 0 Å². The monoisotopic (exact) mass is 370 g/mol. The lowest BCUT2D eigenvalue weighted by Crippen LogP contribution is -2.42. The van der Waals surface area contributed by atoms with Gasteiger partial charge in [-0.2, -0.15) is 0 Å². The Kier molecular flexibility index (Phi) is 5.22. The van der Waals surface area contributed by atoms with Crippen LogP contribution in [-0.2, 0) is 26.1 Å². The molecule has 0 bridgehead atoms. The fourth-order valence-electron chi connectivity index (χ4n) is 4.09. The molecule has 2 fully saturated rings. The molecule has 3 heterocycles. The van der Waals surface area contributed by atoms with Crippen molar-refractivity contribution in [3.8, 4) is 0 Å². The van der Waals surface area contributed by atoms with Gasteiger partial charge < -0.3 is 9.15 Å². The molecule has 0 N–H and O–H groups in total. The highest BCUT2D eigenvalue weighted by Crippen LogP contribution is 2.44. The number of carbonyl (C=O) groups is 1. The quantitative estimate of drug-likeness (QED) is 0.727. The summed E-state index contributed by atoms with van der Waals surface area (Å²) in [4.78, 5) is 15.0. The first-order valence-electron chi connectivity index (χ1n) is 8.72. The van der Waals surface area contributed by atoms with Gasteiger partial charge in [0.25, 0.3) is 0 Å². The van der Waals surface area contributed by atoms with Crippen LogP contribution in [0.4, 0.5) is 0 Å². The van der Waals surface area contributed by atoms with Crippen LogP contribution in [0.1, 0.15) is 25.5 Å². The van der Waals surface area contributed by atoms with Crippen LogP contribution in [0.3, 0.4) is 0 Å². The first-order valence-corrected chi connectivity index (χ1v) is 10.6. The van der Waals surface area contributed by atoms with Crippen LogP contribution in [-0.4, -0.2) is 62.6 Å². The maximum atomic E-state index is 12.8. The Hall–Kier alpha value is -1.38. The number of sulfonamides is 1. The number of rotatable bonds is 5. The van der Waals surface area contributed by atoms with Crippen molar-refractivity contribution in [1.29, 1.82) is 0 Å². The molecular formula is C17H26N2O5S. The molecule has 0 amide bonds. The van der Waals surface area contributed by atoms with Crippen molar-refractivity contribution >= 4 is 16.0 Å². The van der Waals surface area contributed by atoms with Gasteiger partial charge in [0.15, 0.2) is 0 Å². The van der Waals surface area contributed by atoms with E-state index in [0.29, 0.717) is 32.7 Å². The third-order valence-electron chi connectivity index (χ3n) is 5.35. The zero-order valence-corrected chi connectivity index (χ0v) is 15.6. The molecule has 1 aromatic rings. The van der Waals surface area contributed by atoms with E-state index in [4.69, 9.17) is 9.15 Å². The molecule has 25 heavy (non-hydrogen) atoms. The molecule has 140 valence electrons. The topological polar surface area (TPSA) is 80.1 Å². The van der Waals surface area contributed by atoms with Crippen LogP contribution in [0, 0.1) is 11.3 Å². The molecule has 0 aliphatic carbocycles. The number of ether oxygens (including phenoxy) is 1. The van der Waals surface area contributed by atoms with E-state index in [-0.39, 0.29) is 18.4 Å². The van der Waals surface area contributed by atoms with Crippen molar-refractivity contribution in [2.24, 2.45) is 11.3 Å². The third kappa shape index (κ3) is 3.75. The minimum atomic E-state index is -3.34. The summed E-state index contributed by atoms with van der Waals surface area (Å²) < 4.78 is 36.4. The van der Waals surface area contributed by atoms with Gasteiger partial charge in [-0.05, 0) is 38.4 Å². The fraction of sp³-hybridized carbons (Fsp3) is 0.706. The van der Waals surface area contributed by atoms with Gasteiger partial charge in [-0.15, -0.1) is 0 Å². The Labute approximate surface area is 149 Å². The zero-order chi connectivity index (χ0) is 18.1. The molecule has 2 aliphatic heterocycles. The summed E-state index contributed by atoms with van der Waals surface area (Å²) in [5, 5.41) is 0. The van der Waals surface area contributed by atoms with Crippen LogP contribution in [0.25, 0.3) is 0 Å². The van der Waals surface area contributed by atoms with Gasteiger partial charge in [0, 0.05) is 25.6 Å². The van der Waals surface area contributed by atoms with E-state index in [1.807, 2.05) is 12.1 Å². The van der Waals surface area contributed by atoms with Crippen molar-refractivity contribution in [1.82, 2.24) is 9.21 Å². The molecule has 3 rings (SSSR count). The number of carbonyl (C=O) groups excluding carboxylic acids is 1.